The molecule has 0 N–H and O–H groups in total. The van der Waals surface area contributed by atoms with Crippen LogP contribution in [0.1, 0.15) is 92.4 Å². The highest BCUT2D eigenvalue weighted by atomic mass is 16.6. The fourth-order valence-corrected chi connectivity index (χ4v) is 6.63. The Morgan fingerprint density at radius 2 is 1.37 bits per heavy atom. The van der Waals surface area contributed by atoms with Crippen molar-refractivity contribution in [3.05, 3.63) is 0 Å². The molecule has 0 unspecified atom stereocenters. The molecule has 4 fully saturated rings. The van der Waals surface area contributed by atoms with Gasteiger partial charge in [-0.3, -0.25) is 4.79 Å². The van der Waals surface area contributed by atoms with E-state index in [0.717, 1.165) is 30.6 Å². The maximum atomic E-state index is 12.7. The average Bonchev–Trinajstić information content (AvgIpc) is 2.62. The van der Waals surface area contributed by atoms with Gasteiger partial charge >= 0.3 is 11.9 Å². The highest BCUT2D eigenvalue weighted by molar-refractivity contribution is 5.80. The standard InChI is InChI=1S/C23H38O4/c1-6-21(4,5)20(25)26-15-19(24)27-23(7-2,8-3)22-12-16-9-17(13-22)11-18(10-16)14-22/h16-18H,6-15H2,1-5H3. The molecule has 0 amide bonds. The first-order valence-corrected chi connectivity index (χ1v) is 11.1. The third-order valence-electron chi connectivity index (χ3n) is 8.21. The van der Waals surface area contributed by atoms with Gasteiger partial charge in [0.1, 0.15) is 5.60 Å². The zero-order chi connectivity index (χ0) is 19.9. The molecule has 0 aromatic heterocycles. The number of ether oxygens (including phenoxy) is 2. The van der Waals surface area contributed by atoms with Crippen LogP contribution in [0.5, 0.6) is 0 Å². The summed E-state index contributed by atoms with van der Waals surface area (Å²) < 4.78 is 11.5. The van der Waals surface area contributed by atoms with Crippen molar-refractivity contribution < 1.29 is 19.1 Å². The van der Waals surface area contributed by atoms with Crippen LogP contribution in [0.3, 0.4) is 0 Å². The Labute approximate surface area is 164 Å². The van der Waals surface area contributed by atoms with Gasteiger partial charge in [-0.1, -0.05) is 20.8 Å². The maximum Gasteiger partial charge on any atom is 0.344 e. The number of esters is 2. The molecule has 4 bridgehead atoms. The Balaban J connectivity index is 1.70. The van der Waals surface area contributed by atoms with E-state index < -0.39 is 11.0 Å². The summed E-state index contributed by atoms with van der Waals surface area (Å²) in [5.41, 5.74) is -0.840. The molecule has 0 radical (unpaired) electrons. The van der Waals surface area contributed by atoms with Crippen molar-refractivity contribution in [2.45, 2.75) is 98.0 Å². The summed E-state index contributed by atoms with van der Waals surface area (Å²) in [5.74, 6) is 1.74. The second-order valence-electron chi connectivity index (χ2n) is 10.2. The lowest BCUT2D eigenvalue weighted by Crippen LogP contribution is -2.59. The van der Waals surface area contributed by atoms with Crippen molar-refractivity contribution in [2.75, 3.05) is 6.61 Å². The predicted molar refractivity (Wildman–Crippen MR) is 105 cm³/mol. The molecule has 0 heterocycles. The van der Waals surface area contributed by atoms with Crippen molar-refractivity contribution in [3.8, 4) is 0 Å². The van der Waals surface area contributed by atoms with Crippen molar-refractivity contribution in [1.29, 1.82) is 0 Å². The van der Waals surface area contributed by atoms with E-state index in [4.69, 9.17) is 9.47 Å². The lowest BCUT2D eigenvalue weighted by molar-refractivity contribution is -0.215. The van der Waals surface area contributed by atoms with Crippen LogP contribution >= 0.6 is 0 Å². The van der Waals surface area contributed by atoms with Gasteiger partial charge in [0.05, 0.1) is 5.41 Å². The van der Waals surface area contributed by atoms with E-state index in [0.29, 0.717) is 6.42 Å². The summed E-state index contributed by atoms with van der Waals surface area (Å²) in [5, 5.41) is 0. The topological polar surface area (TPSA) is 52.6 Å². The van der Waals surface area contributed by atoms with Crippen molar-refractivity contribution in [3.63, 3.8) is 0 Å². The lowest BCUT2D eigenvalue weighted by atomic mass is 9.44. The van der Waals surface area contributed by atoms with E-state index in [1.807, 2.05) is 20.8 Å². The van der Waals surface area contributed by atoms with Crippen LogP contribution in [0.25, 0.3) is 0 Å². The van der Waals surface area contributed by atoms with Gasteiger partial charge in [0.2, 0.25) is 0 Å². The SMILES string of the molecule is CCC(C)(C)C(=O)OCC(=O)OC(CC)(CC)C12CC3CC(CC(C3)C1)C2. The molecular weight excluding hydrogens is 340 g/mol. The van der Waals surface area contributed by atoms with E-state index in [9.17, 15) is 9.59 Å². The Kier molecular flexibility index (Phi) is 5.67. The molecule has 0 aromatic carbocycles. The first-order valence-electron chi connectivity index (χ1n) is 11.1. The number of hydrogen-bond acceptors (Lipinski definition) is 4. The van der Waals surface area contributed by atoms with Crippen molar-refractivity contribution in [1.82, 2.24) is 0 Å². The monoisotopic (exact) mass is 378 g/mol. The van der Waals surface area contributed by atoms with E-state index in [-0.39, 0.29) is 24.0 Å². The van der Waals surface area contributed by atoms with Gasteiger partial charge in [-0.15, -0.1) is 0 Å². The summed E-state index contributed by atoms with van der Waals surface area (Å²) in [6.07, 6.45) is 10.1. The summed E-state index contributed by atoms with van der Waals surface area (Å²) in [4.78, 5) is 24.9. The third kappa shape index (κ3) is 3.65. The van der Waals surface area contributed by atoms with Gasteiger partial charge in [0, 0.05) is 5.41 Å². The Hall–Kier alpha value is -1.06. The zero-order valence-electron chi connectivity index (χ0n) is 17.9. The van der Waals surface area contributed by atoms with Gasteiger partial charge in [-0.2, -0.15) is 0 Å². The minimum atomic E-state index is -0.563. The van der Waals surface area contributed by atoms with Crippen LogP contribution in [-0.2, 0) is 19.1 Å². The Morgan fingerprint density at radius 1 is 0.889 bits per heavy atom. The number of rotatable bonds is 8. The fraction of sp³-hybridized carbons (Fsp3) is 0.913. The average molecular weight is 379 g/mol. The summed E-state index contributed by atoms with van der Waals surface area (Å²) in [7, 11) is 0. The number of hydrogen-bond donors (Lipinski definition) is 0. The number of carbonyl (C=O) groups is 2. The highest BCUT2D eigenvalue weighted by Gasteiger charge is 2.61. The largest absolute Gasteiger partial charge is 0.456 e. The van der Waals surface area contributed by atoms with Crippen LogP contribution in [-0.4, -0.2) is 24.1 Å². The van der Waals surface area contributed by atoms with E-state index in [1.54, 1.807) is 0 Å². The first kappa shape index (κ1) is 20.7. The van der Waals surface area contributed by atoms with Crippen LogP contribution in [0, 0.1) is 28.6 Å². The van der Waals surface area contributed by atoms with Crippen molar-refractivity contribution >= 4 is 11.9 Å². The molecule has 4 aliphatic rings. The predicted octanol–water partition coefficient (Wildman–Crippen LogP) is 5.28. The zero-order valence-corrected chi connectivity index (χ0v) is 17.9. The van der Waals surface area contributed by atoms with Crippen LogP contribution in [0.15, 0.2) is 0 Å². The molecule has 0 spiro atoms. The molecular formula is C23H38O4. The molecule has 27 heavy (non-hydrogen) atoms. The first-order chi connectivity index (χ1) is 12.7. The van der Waals surface area contributed by atoms with Crippen molar-refractivity contribution in [2.24, 2.45) is 28.6 Å². The van der Waals surface area contributed by atoms with Gasteiger partial charge in [-0.05, 0) is 89.4 Å². The minimum absolute atomic E-state index is 0.133. The van der Waals surface area contributed by atoms with Gasteiger partial charge < -0.3 is 9.47 Å². The summed E-state index contributed by atoms with van der Waals surface area (Å²) >= 11 is 0. The van der Waals surface area contributed by atoms with Crippen LogP contribution in [0.2, 0.25) is 0 Å². The van der Waals surface area contributed by atoms with E-state index in [2.05, 4.69) is 13.8 Å². The van der Waals surface area contributed by atoms with Crippen LogP contribution < -0.4 is 0 Å². The Morgan fingerprint density at radius 3 is 1.78 bits per heavy atom. The third-order valence-corrected chi connectivity index (χ3v) is 8.21. The second kappa shape index (κ2) is 7.40. The summed E-state index contributed by atoms with van der Waals surface area (Å²) in [6.45, 7) is 9.68. The molecule has 0 atom stereocenters. The second-order valence-corrected chi connectivity index (χ2v) is 10.2. The molecule has 4 rings (SSSR count). The fourth-order valence-electron chi connectivity index (χ4n) is 6.63. The molecule has 0 aromatic rings. The molecule has 154 valence electrons. The molecule has 4 saturated carbocycles. The Bertz CT molecular complexity index is 538. The van der Waals surface area contributed by atoms with Gasteiger partial charge in [-0.25, -0.2) is 4.79 Å². The molecule has 4 aliphatic carbocycles. The molecule has 4 heteroatoms. The normalized spacial score (nSPS) is 32.4. The summed E-state index contributed by atoms with van der Waals surface area (Å²) in [6, 6.07) is 0. The van der Waals surface area contributed by atoms with Crippen LogP contribution in [0.4, 0.5) is 0 Å². The van der Waals surface area contributed by atoms with E-state index in [1.165, 1.54) is 38.5 Å². The van der Waals surface area contributed by atoms with E-state index >= 15 is 0 Å². The highest BCUT2D eigenvalue weighted by Crippen LogP contribution is 2.65. The van der Waals surface area contributed by atoms with Gasteiger partial charge in [0.25, 0.3) is 0 Å². The quantitative estimate of drug-likeness (QED) is 0.539. The lowest BCUT2D eigenvalue weighted by Gasteiger charge is -2.63. The number of carbonyl (C=O) groups excluding carboxylic acids is 2. The molecule has 4 nitrogen and oxygen atoms in total. The maximum absolute atomic E-state index is 12.7. The smallest absolute Gasteiger partial charge is 0.344 e. The molecule has 0 saturated heterocycles. The van der Waals surface area contributed by atoms with Gasteiger partial charge in [0.15, 0.2) is 6.61 Å². The minimum Gasteiger partial charge on any atom is -0.456 e. The molecule has 0 aliphatic heterocycles.